The number of hydrogen-bond acceptors (Lipinski definition) is 10. The lowest BCUT2D eigenvalue weighted by molar-refractivity contribution is -0.757. The predicted octanol–water partition coefficient (Wildman–Crippen LogP) is 2.86. The normalized spacial score (nSPS) is 11.8. The highest BCUT2D eigenvalue weighted by molar-refractivity contribution is 7.90. The number of fused-ring (bicyclic) bond motifs is 1. The number of hydrogen-bond donors (Lipinski definition) is 0. The Morgan fingerprint density at radius 1 is 1.23 bits per heavy atom. The molecule has 0 N–H and O–H groups in total. The molecule has 1 aromatic carbocycles. The molecule has 188 valence electrons. The summed E-state index contributed by atoms with van der Waals surface area (Å²) in [5.74, 6) is 0.753. The molecule has 13 heteroatoms. The van der Waals surface area contributed by atoms with Crippen molar-refractivity contribution < 1.29 is 33.5 Å². The first kappa shape index (κ1) is 26.0. The number of aryl methyl sites for hydroxylation is 1. The molecule has 0 aliphatic rings. The maximum Gasteiger partial charge on any atom is 0.327 e. The van der Waals surface area contributed by atoms with Crippen LogP contribution >= 0.6 is 0 Å². The summed E-state index contributed by atoms with van der Waals surface area (Å²) in [6.45, 7) is 3.29. The summed E-state index contributed by atoms with van der Waals surface area (Å²) in [6.07, 6.45) is 1.72. The number of esters is 1. The second-order valence-electron chi connectivity index (χ2n) is 7.52. The van der Waals surface area contributed by atoms with Crippen LogP contribution in [-0.4, -0.2) is 51.0 Å². The van der Waals surface area contributed by atoms with Crippen molar-refractivity contribution in [3.63, 3.8) is 0 Å². The van der Waals surface area contributed by atoms with Crippen LogP contribution in [0.5, 0.6) is 11.5 Å². The molecule has 0 aliphatic carbocycles. The number of imidazole rings is 1. The molecule has 0 unspecified atom stereocenters. The fraction of sp³-hybridized carbons (Fsp3) is 0.409. The van der Waals surface area contributed by atoms with Gasteiger partial charge in [0.15, 0.2) is 12.5 Å². The van der Waals surface area contributed by atoms with E-state index in [0.29, 0.717) is 28.2 Å². The van der Waals surface area contributed by atoms with Crippen molar-refractivity contribution in [2.45, 2.75) is 44.3 Å². The Bertz CT molecular complexity index is 1220. The predicted molar refractivity (Wildman–Crippen MR) is 125 cm³/mol. The SMILES string of the molecule is COc1ccc2c(c1)nc([S@@+]([O-])Cc1ncc(C)c(OC)c1C)n2COC(=O)CCCO[N+](=O)[O-]. The van der Waals surface area contributed by atoms with Crippen LogP contribution in [-0.2, 0) is 38.0 Å². The Morgan fingerprint density at radius 3 is 2.69 bits per heavy atom. The van der Waals surface area contributed by atoms with Gasteiger partial charge in [-0.15, -0.1) is 10.1 Å². The molecule has 0 radical (unpaired) electrons. The maximum absolute atomic E-state index is 13.4. The third-order valence-corrected chi connectivity index (χ3v) is 6.47. The van der Waals surface area contributed by atoms with Gasteiger partial charge < -0.3 is 23.6 Å². The molecular weight excluding hydrogens is 480 g/mol. The van der Waals surface area contributed by atoms with E-state index in [0.717, 1.165) is 11.1 Å². The number of ether oxygens (including phenoxy) is 3. The first-order valence-electron chi connectivity index (χ1n) is 10.6. The molecule has 12 nitrogen and oxygen atoms in total. The molecule has 3 rings (SSSR count). The van der Waals surface area contributed by atoms with Crippen LogP contribution in [0.4, 0.5) is 0 Å². The van der Waals surface area contributed by atoms with Crippen LogP contribution in [0.2, 0.25) is 0 Å². The highest BCUT2D eigenvalue weighted by Gasteiger charge is 2.26. The van der Waals surface area contributed by atoms with E-state index < -0.39 is 22.2 Å². The highest BCUT2D eigenvalue weighted by Crippen LogP contribution is 2.29. The monoisotopic (exact) mass is 506 g/mol. The Kier molecular flexibility index (Phi) is 8.71. The maximum atomic E-state index is 13.4. The van der Waals surface area contributed by atoms with E-state index in [1.165, 1.54) is 7.11 Å². The fourth-order valence-corrected chi connectivity index (χ4v) is 4.75. The summed E-state index contributed by atoms with van der Waals surface area (Å²) < 4.78 is 31.0. The van der Waals surface area contributed by atoms with Crippen LogP contribution < -0.4 is 9.47 Å². The summed E-state index contributed by atoms with van der Waals surface area (Å²) in [5.41, 5.74) is 3.38. The van der Waals surface area contributed by atoms with Gasteiger partial charge in [0.2, 0.25) is 0 Å². The van der Waals surface area contributed by atoms with Crippen LogP contribution in [0.15, 0.2) is 29.6 Å². The largest absolute Gasteiger partial charge is 0.609 e. The van der Waals surface area contributed by atoms with Crippen molar-refractivity contribution in [1.29, 1.82) is 0 Å². The van der Waals surface area contributed by atoms with Gasteiger partial charge in [-0.05, 0) is 32.4 Å². The smallest absolute Gasteiger partial charge is 0.327 e. The minimum atomic E-state index is -1.63. The summed E-state index contributed by atoms with van der Waals surface area (Å²) in [6, 6.07) is 5.15. The molecule has 2 aromatic heterocycles. The molecule has 1 atom stereocenters. The van der Waals surface area contributed by atoms with Crippen molar-refractivity contribution in [2.24, 2.45) is 0 Å². The minimum Gasteiger partial charge on any atom is -0.609 e. The lowest BCUT2D eigenvalue weighted by Crippen LogP contribution is -2.17. The van der Waals surface area contributed by atoms with Crippen LogP contribution in [0.25, 0.3) is 11.0 Å². The van der Waals surface area contributed by atoms with Gasteiger partial charge in [0.05, 0.1) is 37.6 Å². The number of benzene rings is 1. The fourth-order valence-electron chi connectivity index (χ4n) is 3.48. The topological polar surface area (TPSA) is 151 Å². The van der Waals surface area contributed by atoms with Crippen molar-refractivity contribution in [3.05, 3.63) is 51.3 Å². The Morgan fingerprint density at radius 2 is 2.00 bits per heavy atom. The number of carbonyl (C=O) groups is 1. The number of methoxy groups -OCH3 is 2. The zero-order valence-corrected chi connectivity index (χ0v) is 20.6. The van der Waals surface area contributed by atoms with E-state index in [2.05, 4.69) is 14.8 Å². The van der Waals surface area contributed by atoms with E-state index in [-0.39, 0.29) is 37.1 Å². The number of aromatic nitrogens is 3. The second kappa shape index (κ2) is 11.7. The molecule has 0 fully saturated rings. The number of carbonyl (C=O) groups excluding carboxylic acids is 1. The summed E-state index contributed by atoms with van der Waals surface area (Å²) >= 11 is -1.63. The van der Waals surface area contributed by atoms with E-state index in [9.17, 15) is 19.5 Å². The lowest BCUT2D eigenvalue weighted by atomic mass is 10.1. The molecular formula is C22H26N4O8S. The molecule has 0 aliphatic heterocycles. The first-order valence-corrected chi connectivity index (χ1v) is 11.9. The number of pyridine rings is 1. The molecule has 0 spiro atoms. The Balaban J connectivity index is 1.83. The van der Waals surface area contributed by atoms with Crippen molar-refractivity contribution in [3.8, 4) is 11.5 Å². The second-order valence-corrected chi connectivity index (χ2v) is 8.86. The van der Waals surface area contributed by atoms with Crippen molar-refractivity contribution in [2.75, 3.05) is 20.8 Å². The zero-order chi connectivity index (χ0) is 25.5. The molecule has 0 bridgehead atoms. The zero-order valence-electron chi connectivity index (χ0n) is 19.8. The standard InChI is InChI=1S/C22H26N4O8S/c1-14-11-23-18(15(2)21(14)32-4)12-35(30)22-24-17-10-16(31-3)7-8-19(17)25(22)13-33-20(27)6-5-9-34-26(28)29/h7-8,10-11H,5-6,9,12-13H2,1-4H3/t35-/m0/s1. The molecule has 2 heterocycles. The lowest BCUT2D eigenvalue weighted by Gasteiger charge is -2.15. The highest BCUT2D eigenvalue weighted by atomic mass is 32.2. The van der Waals surface area contributed by atoms with Gasteiger partial charge >= 0.3 is 11.1 Å². The quantitative estimate of drug-likeness (QED) is 0.118. The van der Waals surface area contributed by atoms with Gasteiger partial charge in [-0.3, -0.25) is 9.78 Å². The van der Waals surface area contributed by atoms with E-state index in [1.807, 2.05) is 13.8 Å². The summed E-state index contributed by atoms with van der Waals surface area (Å²) in [7, 11) is 3.10. The van der Waals surface area contributed by atoms with Gasteiger partial charge in [-0.2, -0.15) is 4.98 Å². The van der Waals surface area contributed by atoms with Crippen LogP contribution in [0, 0.1) is 24.0 Å². The first-order chi connectivity index (χ1) is 16.7. The third kappa shape index (κ3) is 6.31. The number of rotatable bonds is 12. The van der Waals surface area contributed by atoms with Gasteiger partial charge in [0, 0.05) is 41.0 Å². The van der Waals surface area contributed by atoms with Crippen molar-refractivity contribution in [1.82, 2.24) is 14.5 Å². The summed E-state index contributed by atoms with van der Waals surface area (Å²) in [4.78, 5) is 35.5. The third-order valence-electron chi connectivity index (χ3n) is 5.22. The van der Waals surface area contributed by atoms with Crippen LogP contribution in [0.3, 0.4) is 0 Å². The van der Waals surface area contributed by atoms with Gasteiger partial charge in [0.25, 0.3) is 5.09 Å². The van der Waals surface area contributed by atoms with Gasteiger partial charge in [-0.1, -0.05) is 0 Å². The van der Waals surface area contributed by atoms with E-state index in [4.69, 9.17) is 14.2 Å². The minimum absolute atomic E-state index is 0.0704. The van der Waals surface area contributed by atoms with Gasteiger partial charge in [0.1, 0.15) is 11.5 Å². The molecule has 0 amide bonds. The average Bonchev–Trinajstić information content (AvgIpc) is 3.20. The Labute approximate surface area is 204 Å². The molecule has 0 saturated heterocycles. The average molecular weight is 507 g/mol. The molecule has 35 heavy (non-hydrogen) atoms. The molecule has 3 aromatic rings. The van der Waals surface area contributed by atoms with Gasteiger partial charge in [-0.25, -0.2) is 4.57 Å². The summed E-state index contributed by atoms with van der Waals surface area (Å²) in [5, 5.41) is 9.50. The van der Waals surface area contributed by atoms with Crippen molar-refractivity contribution >= 4 is 28.2 Å². The van der Waals surface area contributed by atoms with E-state index >= 15 is 0 Å². The Hall–Kier alpha value is -3.58. The van der Waals surface area contributed by atoms with Crippen LogP contribution in [0.1, 0.15) is 29.7 Å². The number of nitrogens with zero attached hydrogens (tertiary/aromatic N) is 4. The molecule has 0 saturated carbocycles. The van der Waals surface area contributed by atoms with E-state index in [1.54, 1.807) is 36.1 Å².